The average molecular weight is 421 g/mol. The second-order valence-electron chi connectivity index (χ2n) is 5.66. The van der Waals surface area contributed by atoms with E-state index in [0.717, 1.165) is 10.5 Å². The number of carbonyl (C=O) groups is 1. The van der Waals surface area contributed by atoms with Crippen LogP contribution in [0.1, 0.15) is 31.4 Å². The Bertz CT molecular complexity index is 707. The number of nitrogens with zero attached hydrogens (tertiary/aromatic N) is 1. The first-order chi connectivity index (χ1) is 11.4. The van der Waals surface area contributed by atoms with Crippen LogP contribution in [0.5, 0.6) is 5.75 Å². The summed E-state index contributed by atoms with van der Waals surface area (Å²) >= 11 is 0. The number of benzene rings is 1. The van der Waals surface area contributed by atoms with E-state index < -0.39 is 13.0 Å². The van der Waals surface area contributed by atoms with Gasteiger partial charge in [0.1, 0.15) is 12.4 Å². The Labute approximate surface area is 172 Å². The van der Waals surface area contributed by atoms with Gasteiger partial charge < -0.3 is 9.64 Å². The van der Waals surface area contributed by atoms with Gasteiger partial charge in [0.2, 0.25) is 5.91 Å². The van der Waals surface area contributed by atoms with Crippen molar-refractivity contribution >= 4 is 11.6 Å². The van der Waals surface area contributed by atoms with Gasteiger partial charge >= 0.3 is 0 Å². The molecule has 131 valence electrons. The van der Waals surface area contributed by atoms with Gasteiger partial charge in [0, 0.05) is 38.6 Å². The number of alkyl halides is 2. The van der Waals surface area contributed by atoms with E-state index in [2.05, 4.69) is 17.9 Å². The molecule has 0 aliphatic carbocycles. The van der Waals surface area contributed by atoms with Crippen molar-refractivity contribution in [1.29, 1.82) is 0 Å². The maximum atomic E-state index is 12.9. The third-order valence-corrected chi connectivity index (χ3v) is 3.79. The third kappa shape index (κ3) is 5.62. The van der Waals surface area contributed by atoms with E-state index in [9.17, 15) is 13.6 Å². The molecule has 1 amide bonds. The monoisotopic (exact) mass is 421 g/mol. The molecule has 2 rings (SSSR count). The Morgan fingerprint density at radius 3 is 2.76 bits per heavy atom. The van der Waals surface area contributed by atoms with Crippen molar-refractivity contribution in [2.24, 2.45) is 5.92 Å². The van der Waals surface area contributed by atoms with Crippen molar-refractivity contribution in [1.82, 2.24) is 4.90 Å². The molecule has 0 spiro atoms. The van der Waals surface area contributed by atoms with Gasteiger partial charge in [0.25, 0.3) is 6.43 Å². The molecule has 1 aromatic rings. The number of halogens is 2. The molecule has 25 heavy (non-hydrogen) atoms. The van der Waals surface area contributed by atoms with Crippen LogP contribution in [0, 0.1) is 30.8 Å². The van der Waals surface area contributed by atoms with E-state index >= 15 is 0 Å². The molecular weight excluding hydrogens is 401 g/mol. The van der Waals surface area contributed by atoms with Gasteiger partial charge in [-0.1, -0.05) is 26.2 Å². The fourth-order valence-electron chi connectivity index (χ4n) is 2.55. The van der Waals surface area contributed by atoms with Crippen LogP contribution in [0.25, 0.3) is 5.70 Å². The quantitative estimate of drug-likeness (QED) is 0.537. The summed E-state index contributed by atoms with van der Waals surface area (Å²) in [6.07, 6.45) is 0.946. The third-order valence-electron chi connectivity index (χ3n) is 3.79. The minimum atomic E-state index is -2.59. The molecule has 1 aliphatic rings. The molecule has 1 radical (unpaired) electrons. The second-order valence-corrected chi connectivity index (χ2v) is 5.66. The Morgan fingerprint density at radius 1 is 1.44 bits per heavy atom. The number of amides is 1. The number of aryl methyl sites for hydroxylation is 1. The zero-order valence-corrected chi connectivity index (χ0v) is 17.4. The fourth-order valence-corrected chi connectivity index (χ4v) is 2.55. The minimum Gasteiger partial charge on any atom is -0.481 e. The molecule has 1 aliphatic heterocycles. The number of allylic oxidation sites excluding steroid dienone is 1. The van der Waals surface area contributed by atoms with Gasteiger partial charge in [-0.05, 0) is 19.1 Å². The smallest absolute Gasteiger partial charge is 0.256 e. The largest absolute Gasteiger partial charge is 0.481 e. The predicted molar refractivity (Wildman–Crippen MR) is 88.3 cm³/mol. The second kappa shape index (κ2) is 10.0. The Hall–Kier alpha value is -1.25. The summed E-state index contributed by atoms with van der Waals surface area (Å²) in [6, 6.07) is 5.33. The van der Waals surface area contributed by atoms with Crippen molar-refractivity contribution in [3.63, 3.8) is 0 Å². The van der Waals surface area contributed by atoms with E-state index in [1.165, 1.54) is 0 Å². The standard InChI is InChI=1S/C19H20F2NO2.Y/c1-4-5-10-24-15-7-8-16(14(3)11-15)17-9-6-13(2)19(23)22(17)12-18(20)21;/h7-8,11,13,18H,6,10,12H2,1-3H3;/q-1;. The topological polar surface area (TPSA) is 29.5 Å². The van der Waals surface area contributed by atoms with E-state index in [0.29, 0.717) is 23.4 Å². The summed E-state index contributed by atoms with van der Waals surface area (Å²) < 4.78 is 31.3. The van der Waals surface area contributed by atoms with Crippen LogP contribution in [0.2, 0.25) is 0 Å². The van der Waals surface area contributed by atoms with Crippen molar-refractivity contribution in [3.05, 3.63) is 35.4 Å². The van der Waals surface area contributed by atoms with Crippen molar-refractivity contribution < 1.29 is 51.0 Å². The zero-order valence-electron chi connectivity index (χ0n) is 14.6. The molecule has 1 atom stereocenters. The molecule has 1 unspecified atom stereocenters. The number of ether oxygens (including phenoxy) is 1. The van der Waals surface area contributed by atoms with Crippen LogP contribution < -0.4 is 4.74 Å². The fraction of sp³-hybridized carbons (Fsp3) is 0.421. The normalized spacial score (nSPS) is 16.7. The van der Waals surface area contributed by atoms with Gasteiger partial charge in [-0.25, -0.2) is 14.9 Å². The van der Waals surface area contributed by atoms with E-state index in [1.54, 1.807) is 26.0 Å². The number of carbonyl (C=O) groups excluding carboxylic acids is 1. The van der Waals surface area contributed by atoms with Gasteiger partial charge in [0.05, 0.1) is 6.54 Å². The first-order valence-corrected chi connectivity index (χ1v) is 7.77. The van der Waals surface area contributed by atoms with Crippen LogP contribution in [-0.2, 0) is 37.5 Å². The first kappa shape index (κ1) is 21.8. The predicted octanol–water partition coefficient (Wildman–Crippen LogP) is 3.67. The van der Waals surface area contributed by atoms with Crippen LogP contribution in [0.15, 0.2) is 18.2 Å². The van der Waals surface area contributed by atoms with Crippen LogP contribution in [0.4, 0.5) is 8.78 Å². The van der Waals surface area contributed by atoms with E-state index in [1.807, 2.05) is 13.0 Å². The molecule has 0 aromatic heterocycles. The minimum absolute atomic E-state index is 0. The van der Waals surface area contributed by atoms with Crippen LogP contribution >= 0.6 is 0 Å². The van der Waals surface area contributed by atoms with Crippen LogP contribution in [-0.4, -0.2) is 30.4 Å². The summed E-state index contributed by atoms with van der Waals surface area (Å²) in [5, 5.41) is 0. The Kier molecular flexibility index (Phi) is 8.75. The van der Waals surface area contributed by atoms with E-state index in [4.69, 9.17) is 4.74 Å². The Balaban J connectivity index is 0.00000312. The molecule has 0 N–H and O–H groups in total. The average Bonchev–Trinajstić information content (AvgIpc) is 2.53. The summed E-state index contributed by atoms with van der Waals surface area (Å²) in [7, 11) is 0. The number of rotatable bonds is 5. The van der Waals surface area contributed by atoms with Gasteiger partial charge in [-0.2, -0.15) is 0 Å². The molecule has 0 bridgehead atoms. The van der Waals surface area contributed by atoms with E-state index in [-0.39, 0.29) is 51.1 Å². The summed E-state index contributed by atoms with van der Waals surface area (Å²) in [5.41, 5.74) is 1.97. The molecule has 0 saturated heterocycles. The van der Waals surface area contributed by atoms with Crippen LogP contribution in [0.3, 0.4) is 0 Å². The van der Waals surface area contributed by atoms with Crippen molar-refractivity contribution in [3.8, 4) is 17.6 Å². The molecule has 0 fully saturated rings. The maximum absolute atomic E-state index is 12.9. The summed E-state index contributed by atoms with van der Waals surface area (Å²) in [5.74, 6) is 5.58. The molecule has 0 saturated carbocycles. The zero-order chi connectivity index (χ0) is 17.7. The summed E-state index contributed by atoms with van der Waals surface area (Å²) in [4.78, 5) is 13.4. The van der Waals surface area contributed by atoms with Gasteiger partial charge in [0.15, 0.2) is 0 Å². The number of hydrogen-bond donors (Lipinski definition) is 0. The molecule has 6 heteroatoms. The molecule has 3 nitrogen and oxygen atoms in total. The summed E-state index contributed by atoms with van der Waals surface area (Å²) in [6.45, 7) is 4.99. The van der Waals surface area contributed by atoms with Gasteiger partial charge in [-0.15, -0.1) is 28.8 Å². The van der Waals surface area contributed by atoms with Crippen molar-refractivity contribution in [2.45, 2.75) is 33.6 Å². The SMILES string of the molecule is CC#CCOc1ccc(C2=[C-]CC(C)C(=O)N2CC(F)F)c(C)c1.[Y]. The maximum Gasteiger partial charge on any atom is 0.256 e. The molecular formula is C19H20F2NO2Y-. The molecule has 1 aromatic carbocycles. The first-order valence-electron chi connectivity index (χ1n) is 7.77. The van der Waals surface area contributed by atoms with Crippen molar-refractivity contribution in [2.75, 3.05) is 13.2 Å². The van der Waals surface area contributed by atoms with Gasteiger partial charge in [-0.3, -0.25) is 4.79 Å². The molecule has 1 heterocycles. The Morgan fingerprint density at radius 2 is 2.16 bits per heavy atom. The number of hydrogen-bond acceptors (Lipinski definition) is 2.